The van der Waals surface area contributed by atoms with Crippen LogP contribution in [-0.2, 0) is 4.79 Å². The van der Waals surface area contributed by atoms with Crippen LogP contribution < -0.4 is 4.74 Å². The number of halogens is 2. The van der Waals surface area contributed by atoms with E-state index >= 15 is 0 Å². The van der Waals surface area contributed by atoms with Gasteiger partial charge in [-0.1, -0.05) is 24.3 Å². The monoisotopic (exact) mass is 285 g/mol. The first kappa shape index (κ1) is 16.1. The number of carboxylic acids is 1. The van der Waals surface area contributed by atoms with E-state index in [1.807, 2.05) is 0 Å². The molecule has 110 valence electrons. The van der Waals surface area contributed by atoms with Crippen LogP contribution in [0, 0.1) is 0 Å². The van der Waals surface area contributed by atoms with Crippen LogP contribution >= 0.6 is 0 Å². The number of carboxylic acid groups (broad SMARTS) is 1. The molecule has 1 unspecified atom stereocenters. The van der Waals surface area contributed by atoms with Gasteiger partial charge >= 0.3 is 12.6 Å². The second-order valence-corrected chi connectivity index (χ2v) is 4.20. The molecule has 6 heteroatoms. The van der Waals surface area contributed by atoms with Crippen molar-refractivity contribution >= 4 is 5.97 Å². The molecule has 0 aliphatic carbocycles. The SMILES string of the molecule is C=CCN(CC(=O)O)C(C)c1ccccc1OC(F)F. The maximum absolute atomic E-state index is 12.4. The highest BCUT2D eigenvalue weighted by atomic mass is 19.3. The summed E-state index contributed by atoms with van der Waals surface area (Å²) < 4.78 is 29.2. The summed E-state index contributed by atoms with van der Waals surface area (Å²) >= 11 is 0. The Morgan fingerprint density at radius 1 is 1.50 bits per heavy atom. The zero-order valence-corrected chi connectivity index (χ0v) is 11.1. The summed E-state index contributed by atoms with van der Waals surface area (Å²) in [7, 11) is 0. The summed E-state index contributed by atoms with van der Waals surface area (Å²) in [6.45, 7) is 2.50. The second kappa shape index (κ2) is 7.59. The lowest BCUT2D eigenvalue weighted by Gasteiger charge is -2.27. The van der Waals surface area contributed by atoms with Gasteiger partial charge < -0.3 is 9.84 Å². The van der Waals surface area contributed by atoms with Crippen LogP contribution in [-0.4, -0.2) is 35.7 Å². The molecule has 0 saturated carbocycles. The number of nitrogens with zero attached hydrogens (tertiary/aromatic N) is 1. The zero-order valence-electron chi connectivity index (χ0n) is 11.1. The normalized spacial score (nSPS) is 12.4. The third-order valence-electron chi connectivity index (χ3n) is 2.83. The lowest BCUT2D eigenvalue weighted by Crippen LogP contribution is -2.32. The van der Waals surface area contributed by atoms with Crippen LogP contribution in [0.25, 0.3) is 0 Å². The third-order valence-corrected chi connectivity index (χ3v) is 2.83. The summed E-state index contributed by atoms with van der Waals surface area (Å²) in [5.41, 5.74) is 0.510. The number of ether oxygens (including phenoxy) is 1. The lowest BCUT2D eigenvalue weighted by atomic mass is 10.1. The highest BCUT2D eigenvalue weighted by molar-refractivity contribution is 5.69. The molecule has 1 rings (SSSR count). The number of para-hydroxylation sites is 1. The Balaban J connectivity index is 3.00. The number of rotatable bonds is 8. The van der Waals surface area contributed by atoms with E-state index in [4.69, 9.17) is 5.11 Å². The maximum atomic E-state index is 12.4. The van der Waals surface area contributed by atoms with Crippen molar-refractivity contribution in [1.82, 2.24) is 4.90 Å². The lowest BCUT2D eigenvalue weighted by molar-refractivity contribution is -0.138. The Bertz CT molecular complexity index is 465. The Hall–Kier alpha value is -1.95. The van der Waals surface area contributed by atoms with Gasteiger partial charge in [0, 0.05) is 18.2 Å². The number of benzene rings is 1. The fourth-order valence-corrected chi connectivity index (χ4v) is 1.92. The molecule has 0 aliphatic rings. The average Bonchev–Trinajstić information content (AvgIpc) is 2.37. The van der Waals surface area contributed by atoms with Gasteiger partial charge in [-0.15, -0.1) is 6.58 Å². The van der Waals surface area contributed by atoms with Crippen molar-refractivity contribution in [3.05, 3.63) is 42.5 Å². The van der Waals surface area contributed by atoms with Crippen LogP contribution in [0.15, 0.2) is 36.9 Å². The molecule has 0 amide bonds. The van der Waals surface area contributed by atoms with E-state index in [9.17, 15) is 13.6 Å². The van der Waals surface area contributed by atoms with E-state index in [1.54, 1.807) is 36.1 Å². The topological polar surface area (TPSA) is 49.8 Å². The molecular formula is C14H17F2NO3. The minimum atomic E-state index is -2.92. The minimum absolute atomic E-state index is 0.0504. The van der Waals surface area contributed by atoms with Gasteiger partial charge in [0.1, 0.15) is 5.75 Å². The van der Waals surface area contributed by atoms with E-state index in [0.717, 1.165) is 0 Å². The predicted molar refractivity (Wildman–Crippen MR) is 70.9 cm³/mol. The second-order valence-electron chi connectivity index (χ2n) is 4.20. The van der Waals surface area contributed by atoms with Crippen LogP contribution in [0.1, 0.15) is 18.5 Å². The zero-order chi connectivity index (χ0) is 15.1. The number of alkyl halides is 2. The van der Waals surface area contributed by atoms with Crippen molar-refractivity contribution in [2.45, 2.75) is 19.6 Å². The van der Waals surface area contributed by atoms with E-state index < -0.39 is 12.6 Å². The van der Waals surface area contributed by atoms with Gasteiger partial charge in [-0.25, -0.2) is 0 Å². The molecular weight excluding hydrogens is 268 g/mol. The van der Waals surface area contributed by atoms with E-state index in [2.05, 4.69) is 11.3 Å². The van der Waals surface area contributed by atoms with Crippen molar-refractivity contribution in [2.75, 3.05) is 13.1 Å². The molecule has 0 bridgehead atoms. The average molecular weight is 285 g/mol. The highest BCUT2D eigenvalue weighted by Gasteiger charge is 2.21. The fraction of sp³-hybridized carbons (Fsp3) is 0.357. The quantitative estimate of drug-likeness (QED) is 0.746. The van der Waals surface area contributed by atoms with Crippen LogP contribution in [0.4, 0.5) is 8.78 Å². The maximum Gasteiger partial charge on any atom is 0.387 e. The highest BCUT2D eigenvalue weighted by Crippen LogP contribution is 2.30. The summed E-state index contributed by atoms with van der Waals surface area (Å²) in [6, 6.07) is 5.96. The van der Waals surface area contributed by atoms with Crippen molar-refractivity contribution in [3.8, 4) is 5.75 Å². The molecule has 0 aliphatic heterocycles. The molecule has 20 heavy (non-hydrogen) atoms. The van der Waals surface area contributed by atoms with Crippen LogP contribution in [0.2, 0.25) is 0 Å². The Kier molecular flexibility index (Phi) is 6.11. The van der Waals surface area contributed by atoms with Crippen molar-refractivity contribution in [1.29, 1.82) is 0 Å². The van der Waals surface area contributed by atoms with Gasteiger partial charge in [-0.3, -0.25) is 9.69 Å². The van der Waals surface area contributed by atoms with Crippen molar-refractivity contribution in [3.63, 3.8) is 0 Å². The molecule has 0 aromatic heterocycles. The summed E-state index contributed by atoms with van der Waals surface area (Å²) in [5.74, 6) is -0.944. The summed E-state index contributed by atoms with van der Waals surface area (Å²) in [4.78, 5) is 12.5. The molecule has 0 saturated heterocycles. The molecule has 4 nitrogen and oxygen atoms in total. The third kappa shape index (κ3) is 4.62. The van der Waals surface area contributed by atoms with Gasteiger partial charge in [0.05, 0.1) is 6.54 Å². The molecule has 1 aromatic carbocycles. The minimum Gasteiger partial charge on any atom is -0.480 e. The number of aliphatic carboxylic acids is 1. The van der Waals surface area contributed by atoms with Gasteiger partial charge in [-0.05, 0) is 13.0 Å². The first-order chi connectivity index (χ1) is 9.45. The van der Waals surface area contributed by atoms with Gasteiger partial charge in [0.25, 0.3) is 0 Å². The standard InChI is InChI=1S/C14H17F2NO3/c1-3-8-17(9-13(18)19)10(2)11-6-4-5-7-12(11)20-14(15)16/h3-7,10,14H,1,8-9H2,2H3,(H,18,19). The number of hydrogen-bond acceptors (Lipinski definition) is 3. The molecule has 0 fully saturated rings. The Morgan fingerprint density at radius 2 is 2.15 bits per heavy atom. The van der Waals surface area contributed by atoms with Crippen LogP contribution in [0.5, 0.6) is 5.75 Å². The predicted octanol–water partition coefficient (Wildman–Crippen LogP) is 2.92. The van der Waals surface area contributed by atoms with Crippen molar-refractivity contribution in [2.24, 2.45) is 0 Å². The van der Waals surface area contributed by atoms with E-state index in [0.29, 0.717) is 12.1 Å². The van der Waals surface area contributed by atoms with Crippen molar-refractivity contribution < 1.29 is 23.4 Å². The molecule has 0 heterocycles. The molecule has 1 N–H and O–H groups in total. The van der Waals surface area contributed by atoms with Gasteiger partial charge in [-0.2, -0.15) is 8.78 Å². The first-order valence-corrected chi connectivity index (χ1v) is 6.06. The summed E-state index contributed by atoms with van der Waals surface area (Å²) in [5, 5.41) is 8.89. The fourth-order valence-electron chi connectivity index (χ4n) is 1.92. The van der Waals surface area contributed by atoms with Gasteiger partial charge in [0.15, 0.2) is 0 Å². The Morgan fingerprint density at radius 3 is 2.70 bits per heavy atom. The number of hydrogen-bond donors (Lipinski definition) is 1. The van der Waals surface area contributed by atoms with E-state index in [1.165, 1.54) is 6.07 Å². The van der Waals surface area contributed by atoms with Gasteiger partial charge in [0.2, 0.25) is 0 Å². The van der Waals surface area contributed by atoms with E-state index in [-0.39, 0.29) is 18.3 Å². The molecule has 0 spiro atoms. The molecule has 1 atom stereocenters. The largest absolute Gasteiger partial charge is 0.480 e. The first-order valence-electron chi connectivity index (χ1n) is 6.06. The van der Waals surface area contributed by atoms with Crippen LogP contribution in [0.3, 0.4) is 0 Å². The Labute approximate surface area is 116 Å². The smallest absolute Gasteiger partial charge is 0.387 e. The molecule has 1 aromatic rings. The molecule has 0 radical (unpaired) electrons. The summed E-state index contributed by atoms with van der Waals surface area (Å²) in [6.07, 6.45) is 1.57. The number of carbonyl (C=O) groups is 1.